The van der Waals surface area contributed by atoms with E-state index in [-0.39, 0.29) is 12.3 Å². The number of amides is 2. The van der Waals surface area contributed by atoms with Gasteiger partial charge < -0.3 is 26.4 Å². The fourth-order valence-corrected chi connectivity index (χ4v) is 2.73. The first-order valence-corrected chi connectivity index (χ1v) is 9.10. The standard InChI is InChI=1S/C22H26N4O3/c1-25(14-16-6-3-8-18(23)12-16)21(28)11-5-10-20(27)22(29)26(2)15-17-7-4-9-19(24)13-17/h3-4,6-9,12-13,20,27H,11,14-15,23-24H2,1-2H3. The zero-order valence-electron chi connectivity index (χ0n) is 16.6. The molecule has 0 aliphatic rings. The molecule has 1 unspecified atom stereocenters. The number of nitrogen functional groups attached to an aromatic ring is 2. The third kappa shape index (κ3) is 6.87. The molecule has 0 bridgehead atoms. The second-order valence-electron chi connectivity index (χ2n) is 6.83. The average molecular weight is 394 g/mol. The second-order valence-corrected chi connectivity index (χ2v) is 6.83. The molecule has 7 heteroatoms. The first-order valence-electron chi connectivity index (χ1n) is 9.10. The molecule has 0 aliphatic heterocycles. The maximum absolute atomic E-state index is 12.2. The molecule has 152 valence electrons. The van der Waals surface area contributed by atoms with E-state index in [4.69, 9.17) is 11.5 Å². The molecule has 7 nitrogen and oxygen atoms in total. The molecule has 0 spiro atoms. The van der Waals surface area contributed by atoms with Gasteiger partial charge in [-0.05, 0) is 35.4 Å². The van der Waals surface area contributed by atoms with Crippen molar-refractivity contribution in [3.05, 3.63) is 59.7 Å². The average Bonchev–Trinajstić information content (AvgIpc) is 2.67. The molecule has 0 saturated heterocycles. The number of aliphatic hydroxyl groups is 1. The minimum absolute atomic E-state index is 0.0951. The van der Waals surface area contributed by atoms with Crippen LogP contribution in [0.25, 0.3) is 0 Å². The highest BCUT2D eigenvalue weighted by molar-refractivity contribution is 5.84. The zero-order chi connectivity index (χ0) is 21.4. The number of anilines is 2. The molecular weight excluding hydrogens is 368 g/mol. The number of nitrogens with zero attached hydrogens (tertiary/aromatic N) is 2. The van der Waals surface area contributed by atoms with Gasteiger partial charge >= 0.3 is 0 Å². The van der Waals surface area contributed by atoms with Gasteiger partial charge in [-0.15, -0.1) is 0 Å². The van der Waals surface area contributed by atoms with Gasteiger partial charge in [0, 0.05) is 38.6 Å². The van der Waals surface area contributed by atoms with Crippen LogP contribution in [0.1, 0.15) is 17.5 Å². The Labute approximate surface area is 170 Å². The first-order chi connectivity index (χ1) is 13.8. The maximum Gasteiger partial charge on any atom is 0.264 e. The van der Waals surface area contributed by atoms with Crippen LogP contribution in [0.5, 0.6) is 0 Å². The molecule has 0 radical (unpaired) electrons. The Bertz CT molecular complexity index is 933. The molecule has 2 amide bonds. The van der Waals surface area contributed by atoms with E-state index in [2.05, 4.69) is 11.8 Å². The van der Waals surface area contributed by atoms with Crippen molar-refractivity contribution in [3.8, 4) is 11.8 Å². The van der Waals surface area contributed by atoms with Crippen LogP contribution >= 0.6 is 0 Å². The van der Waals surface area contributed by atoms with Crippen LogP contribution in [0.2, 0.25) is 0 Å². The summed E-state index contributed by atoms with van der Waals surface area (Å²) in [6, 6.07) is 14.4. The third-order valence-electron chi connectivity index (χ3n) is 4.26. The highest BCUT2D eigenvalue weighted by atomic mass is 16.3. The summed E-state index contributed by atoms with van der Waals surface area (Å²) in [5, 5.41) is 10.0. The van der Waals surface area contributed by atoms with Gasteiger partial charge in [0.25, 0.3) is 5.91 Å². The quantitative estimate of drug-likeness (QED) is 0.504. The van der Waals surface area contributed by atoms with Gasteiger partial charge in [0.1, 0.15) is 0 Å². The molecule has 0 fully saturated rings. The van der Waals surface area contributed by atoms with E-state index in [0.717, 1.165) is 11.1 Å². The van der Waals surface area contributed by atoms with Crippen LogP contribution in [0.3, 0.4) is 0 Å². The van der Waals surface area contributed by atoms with Gasteiger partial charge in [0.05, 0.1) is 6.42 Å². The van der Waals surface area contributed by atoms with Crippen molar-refractivity contribution in [3.63, 3.8) is 0 Å². The van der Waals surface area contributed by atoms with E-state index in [1.165, 1.54) is 9.80 Å². The fourth-order valence-electron chi connectivity index (χ4n) is 2.73. The van der Waals surface area contributed by atoms with E-state index >= 15 is 0 Å². The Hall–Kier alpha value is -3.50. The van der Waals surface area contributed by atoms with Crippen LogP contribution < -0.4 is 11.5 Å². The smallest absolute Gasteiger partial charge is 0.264 e. The summed E-state index contributed by atoms with van der Waals surface area (Å²) in [7, 11) is 3.23. The molecule has 2 rings (SSSR count). The minimum atomic E-state index is -1.49. The summed E-state index contributed by atoms with van der Waals surface area (Å²) in [5.74, 6) is 4.27. The SMILES string of the molecule is CN(Cc1cccc(N)c1)C(=O)CC#CC(O)C(=O)N(C)Cc1cccc(N)c1. The molecule has 1 atom stereocenters. The highest BCUT2D eigenvalue weighted by Gasteiger charge is 2.17. The topological polar surface area (TPSA) is 113 Å². The van der Waals surface area contributed by atoms with Crippen LogP contribution in [-0.4, -0.2) is 46.9 Å². The summed E-state index contributed by atoms with van der Waals surface area (Å²) in [6.07, 6.45) is -1.59. The normalized spacial score (nSPS) is 11.1. The van der Waals surface area contributed by atoms with Crippen LogP contribution in [0.4, 0.5) is 11.4 Å². The van der Waals surface area contributed by atoms with Crippen LogP contribution in [0, 0.1) is 11.8 Å². The molecule has 2 aromatic rings. The van der Waals surface area contributed by atoms with E-state index in [1.54, 1.807) is 44.4 Å². The van der Waals surface area contributed by atoms with Gasteiger partial charge in [-0.25, -0.2) is 0 Å². The van der Waals surface area contributed by atoms with Crippen molar-refractivity contribution in [1.29, 1.82) is 0 Å². The van der Waals surface area contributed by atoms with Crippen molar-refractivity contribution >= 4 is 23.2 Å². The van der Waals surface area contributed by atoms with Gasteiger partial charge in [0.2, 0.25) is 5.91 Å². The third-order valence-corrected chi connectivity index (χ3v) is 4.26. The molecule has 0 aliphatic carbocycles. The van der Waals surface area contributed by atoms with Crippen molar-refractivity contribution < 1.29 is 14.7 Å². The van der Waals surface area contributed by atoms with E-state index in [0.29, 0.717) is 24.5 Å². The van der Waals surface area contributed by atoms with Gasteiger partial charge in [-0.3, -0.25) is 9.59 Å². The Morgan fingerprint density at radius 1 is 0.966 bits per heavy atom. The zero-order valence-corrected chi connectivity index (χ0v) is 16.6. The predicted octanol–water partition coefficient (Wildman–Crippen LogP) is 1.22. The number of nitrogens with two attached hydrogens (primary N) is 2. The molecule has 5 N–H and O–H groups in total. The van der Waals surface area contributed by atoms with E-state index in [1.807, 2.05) is 18.2 Å². The van der Waals surface area contributed by atoms with Crippen LogP contribution in [0.15, 0.2) is 48.5 Å². The Morgan fingerprint density at radius 2 is 1.48 bits per heavy atom. The number of benzene rings is 2. The molecule has 0 aromatic heterocycles. The Kier molecular flexibility index (Phi) is 7.63. The monoisotopic (exact) mass is 394 g/mol. The predicted molar refractivity (Wildman–Crippen MR) is 113 cm³/mol. The second kappa shape index (κ2) is 10.2. The summed E-state index contributed by atoms with van der Waals surface area (Å²) in [4.78, 5) is 27.3. The van der Waals surface area contributed by atoms with E-state index in [9.17, 15) is 14.7 Å². The molecule has 29 heavy (non-hydrogen) atoms. The fraction of sp³-hybridized carbons (Fsp3) is 0.273. The molecule has 0 saturated carbocycles. The number of likely N-dealkylation sites (N-methyl/N-ethyl adjacent to an activating group) is 1. The molecule has 2 aromatic carbocycles. The number of hydrogen-bond donors (Lipinski definition) is 3. The summed E-state index contributed by atoms with van der Waals surface area (Å²) < 4.78 is 0. The molecular formula is C22H26N4O3. The Balaban J connectivity index is 1.86. The van der Waals surface area contributed by atoms with Gasteiger partial charge in [-0.1, -0.05) is 36.1 Å². The van der Waals surface area contributed by atoms with Gasteiger partial charge in [0.15, 0.2) is 6.10 Å². The van der Waals surface area contributed by atoms with Crippen molar-refractivity contribution in [2.45, 2.75) is 25.6 Å². The Morgan fingerprint density at radius 3 is 2.00 bits per heavy atom. The minimum Gasteiger partial charge on any atom is -0.399 e. The lowest BCUT2D eigenvalue weighted by atomic mass is 10.2. The summed E-state index contributed by atoms with van der Waals surface area (Å²) in [6.45, 7) is 0.695. The van der Waals surface area contributed by atoms with Gasteiger partial charge in [-0.2, -0.15) is 0 Å². The highest BCUT2D eigenvalue weighted by Crippen LogP contribution is 2.10. The van der Waals surface area contributed by atoms with Crippen LogP contribution in [-0.2, 0) is 22.7 Å². The summed E-state index contributed by atoms with van der Waals surface area (Å²) >= 11 is 0. The number of rotatable bonds is 6. The lowest BCUT2D eigenvalue weighted by Gasteiger charge is -2.18. The van der Waals surface area contributed by atoms with Crippen molar-refractivity contribution in [2.24, 2.45) is 0 Å². The first kappa shape index (κ1) is 21.8. The number of hydrogen-bond acceptors (Lipinski definition) is 5. The lowest BCUT2D eigenvalue weighted by Crippen LogP contribution is -2.35. The van der Waals surface area contributed by atoms with E-state index < -0.39 is 12.0 Å². The number of carbonyl (C=O) groups is 2. The number of carbonyl (C=O) groups excluding carboxylic acids is 2. The maximum atomic E-state index is 12.2. The largest absolute Gasteiger partial charge is 0.399 e. The van der Waals surface area contributed by atoms with Crippen molar-refractivity contribution in [2.75, 3.05) is 25.6 Å². The summed E-state index contributed by atoms with van der Waals surface area (Å²) in [5.41, 5.74) is 14.5. The number of aliphatic hydroxyl groups excluding tert-OH is 1. The molecule has 0 heterocycles. The van der Waals surface area contributed by atoms with Crippen molar-refractivity contribution in [1.82, 2.24) is 9.80 Å². The lowest BCUT2D eigenvalue weighted by molar-refractivity contribution is -0.136.